The summed E-state index contributed by atoms with van der Waals surface area (Å²) in [5.41, 5.74) is -0.797. The van der Waals surface area contributed by atoms with Crippen molar-refractivity contribution in [3.05, 3.63) is 0 Å². The largest absolute Gasteiger partial charge is 0.478 e. The van der Waals surface area contributed by atoms with Gasteiger partial charge in [-0.3, -0.25) is 0 Å². The Morgan fingerprint density at radius 3 is 2.50 bits per heavy atom. The number of hydrogen-bond donors (Lipinski definition) is 2. The SMILES string of the molecule is CCCCC(CC)C1=NC(CO)(CO)CO1. The first kappa shape index (κ1) is 13.5. The van der Waals surface area contributed by atoms with Crippen LogP contribution >= 0.6 is 0 Å². The number of aliphatic imine (C=N–C) groups is 1. The molecule has 4 heteroatoms. The number of unbranched alkanes of at least 4 members (excludes halogenated alkanes) is 1. The first-order chi connectivity index (χ1) is 7.71. The molecule has 0 aromatic heterocycles. The van der Waals surface area contributed by atoms with Crippen LogP contribution in [0.5, 0.6) is 0 Å². The summed E-state index contributed by atoms with van der Waals surface area (Å²) in [6.45, 7) is 4.27. The molecule has 0 fully saturated rings. The summed E-state index contributed by atoms with van der Waals surface area (Å²) in [6.07, 6.45) is 4.38. The predicted molar refractivity (Wildman–Crippen MR) is 63.6 cm³/mol. The highest BCUT2D eigenvalue weighted by atomic mass is 16.5. The third-order valence-corrected chi connectivity index (χ3v) is 3.17. The van der Waals surface area contributed by atoms with E-state index >= 15 is 0 Å². The Labute approximate surface area is 97.3 Å². The van der Waals surface area contributed by atoms with Crippen molar-refractivity contribution in [2.24, 2.45) is 10.9 Å². The maximum atomic E-state index is 9.22. The molecule has 0 aromatic rings. The lowest BCUT2D eigenvalue weighted by atomic mass is 9.99. The molecule has 0 aliphatic carbocycles. The second-order valence-corrected chi connectivity index (χ2v) is 4.53. The quantitative estimate of drug-likeness (QED) is 0.693. The first-order valence-electron chi connectivity index (χ1n) is 6.15. The van der Waals surface area contributed by atoms with Crippen molar-refractivity contribution in [3.63, 3.8) is 0 Å². The van der Waals surface area contributed by atoms with E-state index in [1.165, 1.54) is 0 Å². The summed E-state index contributed by atoms with van der Waals surface area (Å²) in [4.78, 5) is 4.38. The Morgan fingerprint density at radius 2 is 2.06 bits per heavy atom. The minimum Gasteiger partial charge on any atom is -0.478 e. The fourth-order valence-electron chi connectivity index (χ4n) is 1.88. The molecular weight excluding hydrogens is 206 g/mol. The maximum Gasteiger partial charge on any atom is 0.187 e. The Kier molecular flexibility index (Phi) is 5.22. The highest BCUT2D eigenvalue weighted by molar-refractivity contribution is 5.80. The zero-order valence-corrected chi connectivity index (χ0v) is 10.3. The van der Waals surface area contributed by atoms with Gasteiger partial charge in [0.1, 0.15) is 12.1 Å². The van der Waals surface area contributed by atoms with Crippen LogP contribution in [0.3, 0.4) is 0 Å². The van der Waals surface area contributed by atoms with E-state index in [2.05, 4.69) is 18.8 Å². The number of hydrogen-bond acceptors (Lipinski definition) is 4. The molecule has 94 valence electrons. The van der Waals surface area contributed by atoms with Crippen LogP contribution in [0.2, 0.25) is 0 Å². The van der Waals surface area contributed by atoms with E-state index in [1.807, 2.05) is 0 Å². The van der Waals surface area contributed by atoms with Gasteiger partial charge in [-0.25, -0.2) is 4.99 Å². The minimum atomic E-state index is -0.797. The fraction of sp³-hybridized carbons (Fsp3) is 0.917. The van der Waals surface area contributed by atoms with Crippen molar-refractivity contribution in [2.75, 3.05) is 19.8 Å². The monoisotopic (exact) mass is 229 g/mol. The van der Waals surface area contributed by atoms with Crippen molar-refractivity contribution in [3.8, 4) is 0 Å². The molecule has 1 aliphatic heterocycles. The van der Waals surface area contributed by atoms with Crippen molar-refractivity contribution in [1.29, 1.82) is 0 Å². The number of aliphatic hydroxyl groups is 2. The van der Waals surface area contributed by atoms with Crippen LogP contribution in [0.15, 0.2) is 4.99 Å². The van der Waals surface area contributed by atoms with E-state index in [4.69, 9.17) is 4.74 Å². The molecule has 0 saturated carbocycles. The zero-order chi connectivity index (χ0) is 12.0. The van der Waals surface area contributed by atoms with E-state index in [-0.39, 0.29) is 13.2 Å². The first-order valence-corrected chi connectivity index (χ1v) is 6.15. The van der Waals surface area contributed by atoms with Crippen LogP contribution in [-0.2, 0) is 4.74 Å². The average molecular weight is 229 g/mol. The van der Waals surface area contributed by atoms with E-state index in [0.29, 0.717) is 12.5 Å². The molecule has 2 N–H and O–H groups in total. The Balaban J connectivity index is 2.65. The molecule has 0 radical (unpaired) electrons. The van der Waals surface area contributed by atoms with Gasteiger partial charge in [0.05, 0.1) is 13.2 Å². The van der Waals surface area contributed by atoms with Gasteiger partial charge in [-0.2, -0.15) is 0 Å². The molecule has 0 bridgehead atoms. The van der Waals surface area contributed by atoms with Crippen LogP contribution in [0, 0.1) is 5.92 Å². The van der Waals surface area contributed by atoms with Gasteiger partial charge in [-0.05, 0) is 12.8 Å². The lowest BCUT2D eigenvalue weighted by Crippen LogP contribution is -2.37. The molecule has 0 spiro atoms. The molecule has 0 aromatic carbocycles. The van der Waals surface area contributed by atoms with E-state index in [9.17, 15) is 10.2 Å². The molecule has 0 amide bonds. The van der Waals surface area contributed by atoms with Crippen LogP contribution in [0.4, 0.5) is 0 Å². The second kappa shape index (κ2) is 6.21. The Hall–Kier alpha value is -0.610. The van der Waals surface area contributed by atoms with E-state index < -0.39 is 5.54 Å². The summed E-state index contributed by atoms with van der Waals surface area (Å²) in [5, 5.41) is 18.4. The van der Waals surface area contributed by atoms with Crippen molar-refractivity contribution < 1.29 is 14.9 Å². The fourth-order valence-corrected chi connectivity index (χ4v) is 1.88. The van der Waals surface area contributed by atoms with Gasteiger partial charge in [0.15, 0.2) is 5.90 Å². The second-order valence-electron chi connectivity index (χ2n) is 4.53. The Bertz CT molecular complexity index is 236. The highest BCUT2D eigenvalue weighted by Crippen LogP contribution is 2.25. The smallest absolute Gasteiger partial charge is 0.187 e. The van der Waals surface area contributed by atoms with Crippen LogP contribution in [0.25, 0.3) is 0 Å². The third-order valence-electron chi connectivity index (χ3n) is 3.17. The van der Waals surface area contributed by atoms with Gasteiger partial charge >= 0.3 is 0 Å². The van der Waals surface area contributed by atoms with Crippen LogP contribution in [-0.4, -0.2) is 41.5 Å². The number of nitrogens with zero attached hydrogens (tertiary/aromatic N) is 1. The Morgan fingerprint density at radius 1 is 1.38 bits per heavy atom. The topological polar surface area (TPSA) is 62.1 Å². The average Bonchev–Trinajstić information content (AvgIpc) is 2.75. The van der Waals surface area contributed by atoms with Crippen molar-refractivity contribution in [2.45, 2.75) is 45.1 Å². The summed E-state index contributed by atoms with van der Waals surface area (Å²) >= 11 is 0. The van der Waals surface area contributed by atoms with Crippen molar-refractivity contribution in [1.82, 2.24) is 0 Å². The summed E-state index contributed by atoms with van der Waals surface area (Å²) < 4.78 is 5.53. The van der Waals surface area contributed by atoms with Gasteiger partial charge < -0.3 is 14.9 Å². The molecule has 1 atom stereocenters. The molecule has 1 heterocycles. The number of aliphatic hydroxyl groups excluding tert-OH is 2. The van der Waals surface area contributed by atoms with E-state index in [1.54, 1.807) is 0 Å². The normalized spacial score (nSPS) is 20.4. The highest BCUT2D eigenvalue weighted by Gasteiger charge is 2.37. The summed E-state index contributed by atoms with van der Waals surface area (Å²) in [7, 11) is 0. The number of ether oxygens (including phenoxy) is 1. The van der Waals surface area contributed by atoms with Gasteiger partial charge in [-0.1, -0.05) is 26.7 Å². The maximum absolute atomic E-state index is 9.22. The third kappa shape index (κ3) is 2.95. The van der Waals surface area contributed by atoms with Gasteiger partial charge in [0.25, 0.3) is 0 Å². The number of rotatable bonds is 7. The standard InChI is InChI=1S/C12H23NO3/c1-3-5-6-10(4-2)11-13-12(7-14,8-15)9-16-11/h10,14-15H,3-9H2,1-2H3. The van der Waals surface area contributed by atoms with Gasteiger partial charge in [-0.15, -0.1) is 0 Å². The zero-order valence-electron chi connectivity index (χ0n) is 10.3. The summed E-state index contributed by atoms with van der Waals surface area (Å²) in [5.74, 6) is 1.05. The predicted octanol–water partition coefficient (Wildman–Crippen LogP) is 1.35. The molecule has 1 unspecified atom stereocenters. The minimum absolute atomic E-state index is 0.156. The molecule has 1 rings (SSSR count). The molecular formula is C12H23NO3. The van der Waals surface area contributed by atoms with Crippen LogP contribution in [0.1, 0.15) is 39.5 Å². The van der Waals surface area contributed by atoms with Gasteiger partial charge in [0, 0.05) is 5.92 Å². The lowest BCUT2D eigenvalue weighted by molar-refractivity contribution is 0.0966. The molecule has 0 saturated heterocycles. The van der Waals surface area contributed by atoms with Crippen molar-refractivity contribution >= 4 is 5.90 Å². The van der Waals surface area contributed by atoms with Crippen LogP contribution < -0.4 is 0 Å². The molecule has 1 aliphatic rings. The lowest BCUT2D eigenvalue weighted by Gasteiger charge is -2.16. The summed E-state index contributed by atoms with van der Waals surface area (Å²) in [6, 6.07) is 0. The molecule has 16 heavy (non-hydrogen) atoms. The molecule has 4 nitrogen and oxygen atoms in total. The van der Waals surface area contributed by atoms with E-state index in [0.717, 1.165) is 31.6 Å². The van der Waals surface area contributed by atoms with Gasteiger partial charge in [0.2, 0.25) is 0 Å².